The number of carbonyl (C=O) groups is 1. The molecule has 2 heterocycles. The number of anilines is 1. The first-order valence-electron chi connectivity index (χ1n) is 7.79. The molecule has 0 aliphatic carbocycles. The van der Waals surface area contributed by atoms with Crippen LogP contribution >= 0.6 is 11.3 Å². The van der Waals surface area contributed by atoms with Crippen LogP contribution in [0.3, 0.4) is 0 Å². The summed E-state index contributed by atoms with van der Waals surface area (Å²) in [5, 5.41) is 5.22. The van der Waals surface area contributed by atoms with Crippen LogP contribution < -0.4 is 10.0 Å². The van der Waals surface area contributed by atoms with Gasteiger partial charge in [0.15, 0.2) is 5.13 Å². The zero-order valence-electron chi connectivity index (χ0n) is 13.8. The molecule has 0 saturated heterocycles. The Morgan fingerprint density at radius 2 is 2.12 bits per heavy atom. The summed E-state index contributed by atoms with van der Waals surface area (Å²) < 4.78 is 26.4. The molecule has 0 spiro atoms. The zero-order valence-corrected chi connectivity index (χ0v) is 15.4. The van der Waals surface area contributed by atoms with Crippen molar-refractivity contribution in [2.45, 2.75) is 31.1 Å². The average molecular weight is 378 g/mol. The van der Waals surface area contributed by atoms with Crippen molar-refractivity contribution in [2.24, 2.45) is 4.99 Å². The third-order valence-corrected chi connectivity index (χ3v) is 5.80. The fourth-order valence-electron chi connectivity index (χ4n) is 2.31. The summed E-state index contributed by atoms with van der Waals surface area (Å²) in [6.45, 7) is 4.26. The highest BCUT2D eigenvalue weighted by molar-refractivity contribution is 7.90. The number of hydrogen-bond donors (Lipinski definition) is 2. The maximum absolute atomic E-state index is 12.0. The van der Waals surface area contributed by atoms with Gasteiger partial charge >= 0.3 is 0 Å². The Kier molecular flexibility index (Phi) is 4.87. The number of aliphatic imine (C=N–C) groups is 1. The molecule has 1 amide bonds. The number of fused-ring (bicyclic) bond motifs is 1. The van der Waals surface area contributed by atoms with Crippen LogP contribution in [0.1, 0.15) is 37.4 Å². The van der Waals surface area contributed by atoms with E-state index in [0.717, 1.165) is 5.69 Å². The van der Waals surface area contributed by atoms with E-state index in [2.05, 4.69) is 20.0 Å². The quantitative estimate of drug-likeness (QED) is 0.834. The van der Waals surface area contributed by atoms with Crippen molar-refractivity contribution < 1.29 is 13.2 Å². The van der Waals surface area contributed by atoms with Crippen LogP contribution in [0.2, 0.25) is 0 Å². The molecule has 1 aliphatic rings. The number of sulfonamides is 1. The molecule has 0 bridgehead atoms. The first kappa shape index (κ1) is 17.6. The van der Waals surface area contributed by atoms with Gasteiger partial charge in [0.1, 0.15) is 5.84 Å². The van der Waals surface area contributed by atoms with Gasteiger partial charge in [-0.25, -0.2) is 13.4 Å². The molecule has 9 heteroatoms. The lowest BCUT2D eigenvalue weighted by Crippen LogP contribution is -2.23. The fraction of sp³-hybridized carbons (Fsp3) is 0.312. The predicted molar refractivity (Wildman–Crippen MR) is 97.6 cm³/mol. The van der Waals surface area contributed by atoms with Gasteiger partial charge in [-0.15, -0.1) is 11.3 Å². The number of benzene rings is 1. The molecule has 132 valence electrons. The van der Waals surface area contributed by atoms with E-state index < -0.39 is 10.0 Å². The van der Waals surface area contributed by atoms with Crippen LogP contribution in [0.4, 0.5) is 5.13 Å². The Hall–Kier alpha value is -2.26. The highest BCUT2D eigenvalue weighted by atomic mass is 32.2. The number of amidine groups is 1. The average Bonchev–Trinajstić information content (AvgIpc) is 3.11. The predicted octanol–water partition coefficient (Wildman–Crippen LogP) is 2.33. The summed E-state index contributed by atoms with van der Waals surface area (Å²) >= 11 is 1.38. The van der Waals surface area contributed by atoms with Crippen molar-refractivity contribution in [2.75, 3.05) is 11.9 Å². The Morgan fingerprint density at radius 1 is 1.36 bits per heavy atom. The Balaban J connectivity index is 1.61. The smallest absolute Gasteiger partial charge is 0.263 e. The van der Waals surface area contributed by atoms with Crippen molar-refractivity contribution >= 4 is 38.2 Å². The number of rotatable bonds is 5. The van der Waals surface area contributed by atoms with Gasteiger partial charge in [-0.2, -0.15) is 0 Å². The minimum Gasteiger partial charge on any atom is -0.302 e. The largest absolute Gasteiger partial charge is 0.302 e. The van der Waals surface area contributed by atoms with Crippen LogP contribution in [-0.4, -0.2) is 31.7 Å². The van der Waals surface area contributed by atoms with E-state index in [1.165, 1.54) is 17.4 Å². The summed E-state index contributed by atoms with van der Waals surface area (Å²) in [7, 11) is -3.55. The van der Waals surface area contributed by atoms with Gasteiger partial charge in [0.2, 0.25) is 5.91 Å². The van der Waals surface area contributed by atoms with Crippen molar-refractivity contribution in [1.29, 1.82) is 0 Å². The molecule has 2 aromatic rings. The maximum atomic E-state index is 12.0. The van der Waals surface area contributed by atoms with E-state index in [1.54, 1.807) is 18.2 Å². The third-order valence-electron chi connectivity index (χ3n) is 3.63. The Bertz CT molecular complexity index is 932. The number of nitrogens with zero attached hydrogens (tertiary/aromatic N) is 2. The monoisotopic (exact) mass is 378 g/mol. The second-order valence-corrected chi connectivity index (χ2v) is 8.37. The van der Waals surface area contributed by atoms with Crippen molar-refractivity contribution in [3.8, 4) is 0 Å². The van der Waals surface area contributed by atoms with Crippen molar-refractivity contribution in [3.63, 3.8) is 0 Å². The summed E-state index contributed by atoms with van der Waals surface area (Å²) in [4.78, 5) is 20.8. The normalized spacial score (nSPS) is 16.7. The molecule has 1 aromatic heterocycles. The third kappa shape index (κ3) is 3.88. The molecule has 0 unspecified atom stereocenters. The van der Waals surface area contributed by atoms with E-state index in [4.69, 9.17) is 0 Å². The second kappa shape index (κ2) is 6.93. The molecule has 1 aromatic carbocycles. The number of carbonyl (C=O) groups excluding carboxylic acids is 1. The van der Waals surface area contributed by atoms with Gasteiger partial charge in [0.25, 0.3) is 10.0 Å². The lowest BCUT2D eigenvalue weighted by atomic mass is 10.2. The van der Waals surface area contributed by atoms with E-state index in [9.17, 15) is 13.2 Å². The molecule has 2 N–H and O–H groups in total. The van der Waals surface area contributed by atoms with Gasteiger partial charge in [-0.05, 0) is 18.1 Å². The van der Waals surface area contributed by atoms with E-state index in [0.29, 0.717) is 16.6 Å². The minimum atomic E-state index is -3.55. The Morgan fingerprint density at radius 3 is 2.84 bits per heavy atom. The lowest BCUT2D eigenvalue weighted by molar-refractivity contribution is -0.116. The molecule has 0 radical (unpaired) electrons. The zero-order chi connectivity index (χ0) is 18.0. The van der Waals surface area contributed by atoms with Crippen molar-refractivity contribution in [3.05, 3.63) is 40.9 Å². The number of hydrogen-bond acceptors (Lipinski definition) is 6. The van der Waals surface area contributed by atoms with Gasteiger partial charge in [-0.1, -0.05) is 26.0 Å². The highest BCUT2D eigenvalue weighted by Crippen LogP contribution is 2.23. The van der Waals surface area contributed by atoms with Crippen LogP contribution in [0.15, 0.2) is 39.5 Å². The summed E-state index contributed by atoms with van der Waals surface area (Å²) in [5.41, 5.74) is 1.47. The fourth-order valence-corrected chi connectivity index (χ4v) is 4.45. The number of nitrogens with one attached hydrogen (secondary N) is 2. The van der Waals surface area contributed by atoms with E-state index in [1.807, 2.05) is 19.2 Å². The first-order valence-corrected chi connectivity index (χ1v) is 10.1. The molecule has 25 heavy (non-hydrogen) atoms. The lowest BCUT2D eigenvalue weighted by Gasteiger charge is -2.01. The Labute approximate surface area is 150 Å². The minimum absolute atomic E-state index is 0.143. The molecular weight excluding hydrogens is 360 g/mol. The molecule has 0 fully saturated rings. The summed E-state index contributed by atoms with van der Waals surface area (Å²) in [5.74, 6) is 0.381. The molecule has 7 nitrogen and oxygen atoms in total. The van der Waals surface area contributed by atoms with Crippen LogP contribution in [0.25, 0.3) is 0 Å². The van der Waals surface area contributed by atoms with Crippen LogP contribution in [-0.2, 0) is 14.8 Å². The van der Waals surface area contributed by atoms with E-state index >= 15 is 0 Å². The van der Waals surface area contributed by atoms with Gasteiger partial charge in [0, 0.05) is 17.4 Å². The van der Waals surface area contributed by atoms with Crippen molar-refractivity contribution in [1.82, 2.24) is 9.71 Å². The highest BCUT2D eigenvalue weighted by Gasteiger charge is 2.29. The molecule has 1 aliphatic heterocycles. The van der Waals surface area contributed by atoms with Gasteiger partial charge < -0.3 is 5.32 Å². The molecule has 0 atom stereocenters. The van der Waals surface area contributed by atoms with E-state index in [-0.39, 0.29) is 29.6 Å². The standard InChI is InChI=1S/C16H18N4O3S2/c1-10(2)12-9-24-16(18-12)19-14(21)7-8-17-15-11-5-3-4-6-13(11)25(22,23)20-15/h3-6,9-10H,7-8H2,1-2H3,(H,17,20)(H,18,19,21). The molecular formula is C16H18N4O3S2. The molecule has 3 rings (SSSR count). The topological polar surface area (TPSA) is 101 Å². The number of thiazole rings is 1. The second-order valence-electron chi connectivity index (χ2n) is 5.86. The molecule has 0 saturated carbocycles. The first-order chi connectivity index (χ1) is 11.9. The van der Waals surface area contributed by atoms with Crippen LogP contribution in [0.5, 0.6) is 0 Å². The summed E-state index contributed by atoms with van der Waals surface area (Å²) in [6.07, 6.45) is 0.143. The maximum Gasteiger partial charge on any atom is 0.263 e. The summed E-state index contributed by atoms with van der Waals surface area (Å²) in [6, 6.07) is 6.63. The number of aromatic nitrogens is 1. The number of amides is 1. The SMILES string of the molecule is CC(C)c1csc(NC(=O)CCN=C2NS(=O)(=O)c3ccccc32)n1. The van der Waals surface area contributed by atoms with Gasteiger partial charge in [0.05, 0.1) is 17.1 Å². The van der Waals surface area contributed by atoms with Crippen LogP contribution in [0, 0.1) is 0 Å². The van der Waals surface area contributed by atoms with Gasteiger partial charge in [-0.3, -0.25) is 14.5 Å².